The van der Waals surface area contributed by atoms with Gasteiger partial charge in [-0.25, -0.2) is 0 Å². The van der Waals surface area contributed by atoms with Gasteiger partial charge < -0.3 is 15.4 Å². The summed E-state index contributed by atoms with van der Waals surface area (Å²) in [5, 5.41) is 6.30. The van der Waals surface area contributed by atoms with Crippen LogP contribution < -0.4 is 10.6 Å². The summed E-state index contributed by atoms with van der Waals surface area (Å²) in [6.45, 7) is 0.622. The van der Waals surface area contributed by atoms with E-state index in [9.17, 15) is 4.79 Å². The van der Waals surface area contributed by atoms with Gasteiger partial charge in [-0.15, -0.1) is 0 Å². The van der Waals surface area contributed by atoms with Crippen LogP contribution in [0.15, 0.2) is 24.3 Å². The van der Waals surface area contributed by atoms with E-state index in [1.165, 1.54) is 12.0 Å². The van der Waals surface area contributed by atoms with Crippen LogP contribution in [0.5, 0.6) is 0 Å². The molecule has 4 heteroatoms. The largest absolute Gasteiger partial charge is 0.376 e. The van der Waals surface area contributed by atoms with E-state index in [-0.39, 0.29) is 17.6 Å². The highest BCUT2D eigenvalue weighted by atomic mass is 16.5. The molecule has 0 spiro atoms. The van der Waals surface area contributed by atoms with E-state index in [4.69, 9.17) is 4.74 Å². The Morgan fingerprint density at radius 3 is 2.89 bits per heavy atom. The summed E-state index contributed by atoms with van der Waals surface area (Å²) in [7, 11) is 1.73. The second kappa shape index (κ2) is 4.85. The first-order valence-electron chi connectivity index (χ1n) is 6.90. The number of carbonyl (C=O) groups is 1. The molecular weight excluding hydrogens is 240 g/mol. The summed E-state index contributed by atoms with van der Waals surface area (Å²) < 4.78 is 5.51. The standard InChI is InChI=1S/C15H20N2O2/c1-19-15(7-4-8-15)10-16-14(18)13-9-11-5-2-3-6-12(11)17-13/h2-3,5-6,13,17H,4,7-10H2,1H3,(H,16,18)/t13-/m0/s1. The van der Waals surface area contributed by atoms with Crippen molar-refractivity contribution in [1.29, 1.82) is 0 Å². The van der Waals surface area contributed by atoms with E-state index in [2.05, 4.69) is 16.7 Å². The zero-order valence-corrected chi connectivity index (χ0v) is 11.2. The number of anilines is 1. The molecule has 0 radical (unpaired) electrons. The molecule has 102 valence electrons. The molecule has 1 aliphatic carbocycles. The van der Waals surface area contributed by atoms with Gasteiger partial charge >= 0.3 is 0 Å². The molecule has 1 atom stereocenters. The van der Waals surface area contributed by atoms with Gasteiger partial charge in [-0.1, -0.05) is 18.2 Å². The maximum absolute atomic E-state index is 12.2. The van der Waals surface area contributed by atoms with Crippen molar-refractivity contribution >= 4 is 11.6 Å². The number of ether oxygens (including phenoxy) is 1. The van der Waals surface area contributed by atoms with E-state index in [0.717, 1.165) is 24.9 Å². The second-order valence-corrected chi connectivity index (χ2v) is 5.52. The average molecular weight is 260 g/mol. The zero-order valence-electron chi connectivity index (χ0n) is 11.2. The van der Waals surface area contributed by atoms with E-state index in [1.54, 1.807) is 7.11 Å². The van der Waals surface area contributed by atoms with Crippen molar-refractivity contribution in [2.45, 2.75) is 37.3 Å². The Kier molecular flexibility index (Phi) is 3.19. The lowest BCUT2D eigenvalue weighted by molar-refractivity contribution is -0.125. The summed E-state index contributed by atoms with van der Waals surface area (Å²) in [5.74, 6) is 0.0690. The molecule has 0 saturated heterocycles. The van der Waals surface area contributed by atoms with Crippen molar-refractivity contribution in [2.24, 2.45) is 0 Å². The second-order valence-electron chi connectivity index (χ2n) is 5.52. The molecule has 3 rings (SSSR count). The molecule has 0 bridgehead atoms. The first-order chi connectivity index (χ1) is 9.22. The topological polar surface area (TPSA) is 50.4 Å². The summed E-state index contributed by atoms with van der Waals surface area (Å²) in [5.41, 5.74) is 2.18. The lowest BCUT2D eigenvalue weighted by Gasteiger charge is -2.40. The van der Waals surface area contributed by atoms with Crippen molar-refractivity contribution in [3.05, 3.63) is 29.8 Å². The van der Waals surface area contributed by atoms with Gasteiger partial charge in [-0.3, -0.25) is 4.79 Å². The molecule has 1 saturated carbocycles. The summed E-state index contributed by atoms with van der Waals surface area (Å²) in [6.07, 6.45) is 4.04. The fourth-order valence-electron chi connectivity index (χ4n) is 2.85. The first-order valence-corrected chi connectivity index (χ1v) is 6.90. The number of hydrogen-bond donors (Lipinski definition) is 2. The number of methoxy groups -OCH3 is 1. The number of hydrogen-bond acceptors (Lipinski definition) is 3. The molecule has 4 nitrogen and oxygen atoms in total. The number of para-hydroxylation sites is 1. The van der Waals surface area contributed by atoms with Crippen LogP contribution in [-0.2, 0) is 16.0 Å². The minimum absolute atomic E-state index is 0.0690. The third-order valence-electron chi connectivity index (χ3n) is 4.37. The van der Waals surface area contributed by atoms with Gasteiger partial charge in [0.05, 0.1) is 5.60 Å². The summed E-state index contributed by atoms with van der Waals surface area (Å²) in [6, 6.07) is 7.94. The number of amides is 1. The Labute approximate surface area is 113 Å². The fraction of sp³-hybridized carbons (Fsp3) is 0.533. The Hall–Kier alpha value is -1.55. The smallest absolute Gasteiger partial charge is 0.242 e. The summed E-state index contributed by atoms with van der Waals surface area (Å²) >= 11 is 0. The first kappa shape index (κ1) is 12.5. The molecule has 19 heavy (non-hydrogen) atoms. The Balaban J connectivity index is 1.55. The van der Waals surface area contributed by atoms with E-state index in [0.29, 0.717) is 6.54 Å². The van der Waals surface area contributed by atoms with E-state index >= 15 is 0 Å². The predicted octanol–water partition coefficient (Wildman–Crippen LogP) is 1.71. The average Bonchev–Trinajstić information content (AvgIpc) is 2.81. The van der Waals surface area contributed by atoms with Crippen LogP contribution in [0.2, 0.25) is 0 Å². The van der Waals surface area contributed by atoms with Crippen LogP contribution in [0, 0.1) is 0 Å². The third kappa shape index (κ3) is 2.32. The number of nitrogens with one attached hydrogen (secondary N) is 2. The predicted molar refractivity (Wildman–Crippen MR) is 74.2 cm³/mol. The van der Waals surface area contributed by atoms with Gasteiger partial charge in [0.15, 0.2) is 0 Å². The lowest BCUT2D eigenvalue weighted by Crippen LogP contribution is -2.51. The highest BCUT2D eigenvalue weighted by Gasteiger charge is 2.38. The van der Waals surface area contributed by atoms with Gasteiger partial charge in [0.1, 0.15) is 6.04 Å². The fourth-order valence-corrected chi connectivity index (χ4v) is 2.85. The third-order valence-corrected chi connectivity index (χ3v) is 4.37. The Bertz CT molecular complexity index is 452. The Morgan fingerprint density at radius 2 is 2.26 bits per heavy atom. The molecule has 2 N–H and O–H groups in total. The van der Waals surface area contributed by atoms with E-state index in [1.807, 2.05) is 18.2 Å². The molecule has 1 heterocycles. The van der Waals surface area contributed by atoms with Crippen LogP contribution in [-0.4, -0.2) is 31.2 Å². The number of fused-ring (bicyclic) bond motifs is 1. The highest BCUT2D eigenvalue weighted by molar-refractivity contribution is 5.87. The maximum atomic E-state index is 12.2. The van der Waals surface area contributed by atoms with Gasteiger partial charge in [0.25, 0.3) is 0 Å². The monoisotopic (exact) mass is 260 g/mol. The van der Waals surface area contributed by atoms with Crippen LogP contribution in [0.4, 0.5) is 5.69 Å². The SMILES string of the molecule is COC1(CNC(=O)[C@@H]2Cc3ccccc3N2)CCC1. The van der Waals surface area contributed by atoms with Crippen molar-refractivity contribution in [2.75, 3.05) is 19.0 Å². The minimum Gasteiger partial charge on any atom is -0.376 e. The number of carbonyl (C=O) groups excluding carboxylic acids is 1. The molecule has 2 aliphatic rings. The van der Waals surface area contributed by atoms with Crippen molar-refractivity contribution < 1.29 is 9.53 Å². The van der Waals surface area contributed by atoms with Crippen molar-refractivity contribution in [3.8, 4) is 0 Å². The molecular formula is C15H20N2O2. The molecule has 1 amide bonds. The van der Waals surface area contributed by atoms with Crippen molar-refractivity contribution in [1.82, 2.24) is 5.32 Å². The normalized spacial score (nSPS) is 23.1. The van der Waals surface area contributed by atoms with Crippen LogP contribution in [0.3, 0.4) is 0 Å². The lowest BCUT2D eigenvalue weighted by atomic mass is 9.80. The molecule has 0 unspecified atom stereocenters. The summed E-state index contributed by atoms with van der Waals surface area (Å²) in [4.78, 5) is 12.2. The molecule has 1 aromatic rings. The van der Waals surface area contributed by atoms with Crippen molar-refractivity contribution in [3.63, 3.8) is 0 Å². The van der Waals surface area contributed by atoms with Gasteiger partial charge in [0, 0.05) is 25.8 Å². The molecule has 0 aromatic heterocycles. The van der Waals surface area contributed by atoms with Gasteiger partial charge in [0.2, 0.25) is 5.91 Å². The Morgan fingerprint density at radius 1 is 1.47 bits per heavy atom. The quantitative estimate of drug-likeness (QED) is 0.866. The minimum atomic E-state index is -0.147. The molecule has 1 aliphatic heterocycles. The highest BCUT2D eigenvalue weighted by Crippen LogP contribution is 2.34. The van der Waals surface area contributed by atoms with Crippen LogP contribution >= 0.6 is 0 Å². The van der Waals surface area contributed by atoms with Gasteiger partial charge in [-0.05, 0) is 30.9 Å². The van der Waals surface area contributed by atoms with E-state index < -0.39 is 0 Å². The molecule has 1 fully saturated rings. The zero-order chi connectivity index (χ0) is 13.3. The van der Waals surface area contributed by atoms with Gasteiger partial charge in [-0.2, -0.15) is 0 Å². The number of rotatable bonds is 4. The molecule has 1 aromatic carbocycles. The number of benzene rings is 1. The van der Waals surface area contributed by atoms with Crippen LogP contribution in [0.1, 0.15) is 24.8 Å². The maximum Gasteiger partial charge on any atom is 0.242 e. The van der Waals surface area contributed by atoms with Crippen LogP contribution in [0.25, 0.3) is 0 Å².